The summed E-state index contributed by atoms with van der Waals surface area (Å²) >= 11 is 5.96. The number of hydrogen-bond donors (Lipinski definition) is 1. The van der Waals surface area contributed by atoms with Gasteiger partial charge in [-0.25, -0.2) is 4.39 Å². The van der Waals surface area contributed by atoms with Crippen molar-refractivity contribution in [2.75, 3.05) is 13.7 Å². The summed E-state index contributed by atoms with van der Waals surface area (Å²) < 4.78 is 32.3. The summed E-state index contributed by atoms with van der Waals surface area (Å²) in [6, 6.07) is 18.0. The standard InChI is InChI=1S/C30H33ClFNO4/c1-20(34)33-15-14-28-29(22-4-3-5-24(32)16-22)17-27(18-30(28)35-2)37-26-12-10-25(11-13-26)36-19-21-6-8-23(31)9-7-21/h3-9,16-18,25-26H,10-15,19H2,1-2H3,(H,33,34). The molecule has 0 atom stereocenters. The van der Waals surface area contributed by atoms with Gasteiger partial charge in [-0.05, 0) is 79.1 Å². The van der Waals surface area contributed by atoms with Crippen molar-refractivity contribution in [3.05, 3.63) is 82.6 Å². The maximum Gasteiger partial charge on any atom is 0.216 e. The smallest absolute Gasteiger partial charge is 0.216 e. The van der Waals surface area contributed by atoms with E-state index in [2.05, 4.69) is 5.32 Å². The summed E-state index contributed by atoms with van der Waals surface area (Å²) in [5, 5.41) is 3.55. The molecule has 196 valence electrons. The van der Waals surface area contributed by atoms with Crippen LogP contribution in [0, 0.1) is 5.82 Å². The molecule has 37 heavy (non-hydrogen) atoms. The molecule has 0 heterocycles. The second kappa shape index (κ2) is 12.9. The third-order valence-corrected chi connectivity index (χ3v) is 6.86. The van der Waals surface area contributed by atoms with E-state index < -0.39 is 0 Å². The van der Waals surface area contributed by atoms with Gasteiger partial charge in [-0.2, -0.15) is 0 Å². The van der Waals surface area contributed by atoms with Crippen molar-refractivity contribution in [2.45, 2.75) is 57.8 Å². The number of carbonyl (C=O) groups excluding carboxylic acids is 1. The molecule has 1 fully saturated rings. The summed E-state index contributed by atoms with van der Waals surface area (Å²) in [7, 11) is 1.61. The zero-order valence-corrected chi connectivity index (χ0v) is 22.0. The van der Waals surface area contributed by atoms with Crippen LogP contribution >= 0.6 is 11.6 Å². The van der Waals surface area contributed by atoms with Crippen LogP contribution in [-0.2, 0) is 22.6 Å². The predicted molar refractivity (Wildman–Crippen MR) is 144 cm³/mol. The highest BCUT2D eigenvalue weighted by Gasteiger charge is 2.24. The second-order valence-electron chi connectivity index (χ2n) is 9.35. The van der Waals surface area contributed by atoms with Crippen LogP contribution in [0.1, 0.15) is 43.7 Å². The highest BCUT2D eigenvalue weighted by Crippen LogP contribution is 2.37. The van der Waals surface area contributed by atoms with Crippen molar-refractivity contribution < 1.29 is 23.4 Å². The molecule has 0 radical (unpaired) electrons. The molecule has 1 aliphatic rings. The third-order valence-electron chi connectivity index (χ3n) is 6.61. The Hall–Kier alpha value is -3.09. The number of amides is 1. The van der Waals surface area contributed by atoms with Crippen molar-refractivity contribution in [2.24, 2.45) is 0 Å². The van der Waals surface area contributed by atoms with Gasteiger partial charge in [0, 0.05) is 30.1 Å². The van der Waals surface area contributed by atoms with E-state index >= 15 is 0 Å². The van der Waals surface area contributed by atoms with Gasteiger partial charge >= 0.3 is 0 Å². The molecule has 1 N–H and O–H groups in total. The fourth-order valence-electron chi connectivity index (χ4n) is 4.71. The van der Waals surface area contributed by atoms with Crippen molar-refractivity contribution in [3.8, 4) is 22.6 Å². The second-order valence-corrected chi connectivity index (χ2v) is 9.79. The van der Waals surface area contributed by atoms with Gasteiger partial charge in [0.2, 0.25) is 5.91 Å². The highest BCUT2D eigenvalue weighted by atomic mass is 35.5. The highest BCUT2D eigenvalue weighted by molar-refractivity contribution is 6.30. The van der Waals surface area contributed by atoms with E-state index in [1.54, 1.807) is 13.2 Å². The molecule has 0 spiro atoms. The van der Waals surface area contributed by atoms with Crippen LogP contribution in [0.4, 0.5) is 4.39 Å². The normalized spacial score (nSPS) is 17.3. The van der Waals surface area contributed by atoms with Gasteiger partial charge in [-0.3, -0.25) is 4.79 Å². The van der Waals surface area contributed by atoms with Gasteiger partial charge < -0.3 is 19.5 Å². The molecule has 1 saturated carbocycles. The minimum atomic E-state index is -0.312. The zero-order valence-electron chi connectivity index (χ0n) is 21.3. The first kappa shape index (κ1) is 27.0. The van der Waals surface area contributed by atoms with E-state index in [1.165, 1.54) is 19.1 Å². The van der Waals surface area contributed by atoms with Crippen molar-refractivity contribution in [3.63, 3.8) is 0 Å². The van der Waals surface area contributed by atoms with Crippen LogP contribution in [0.15, 0.2) is 60.7 Å². The number of carbonyl (C=O) groups is 1. The molecule has 4 rings (SSSR count). The van der Waals surface area contributed by atoms with Gasteiger partial charge in [0.25, 0.3) is 0 Å². The molecule has 0 unspecified atom stereocenters. The Balaban J connectivity index is 1.44. The van der Waals surface area contributed by atoms with Gasteiger partial charge in [0.05, 0.1) is 25.9 Å². The Bertz CT molecular complexity index is 1190. The van der Waals surface area contributed by atoms with E-state index in [0.29, 0.717) is 31.1 Å². The average molecular weight is 526 g/mol. The first-order valence-electron chi connectivity index (χ1n) is 12.6. The molecule has 3 aromatic rings. The quantitative estimate of drug-likeness (QED) is 0.318. The van der Waals surface area contributed by atoms with Crippen LogP contribution < -0.4 is 14.8 Å². The van der Waals surface area contributed by atoms with Gasteiger partial charge in [0.1, 0.15) is 17.3 Å². The maximum atomic E-state index is 14.1. The minimum absolute atomic E-state index is 0.0608. The van der Waals surface area contributed by atoms with Gasteiger partial charge in [0.15, 0.2) is 0 Å². The van der Waals surface area contributed by atoms with Crippen molar-refractivity contribution in [1.29, 1.82) is 0 Å². The summed E-state index contributed by atoms with van der Waals surface area (Å²) in [5.41, 5.74) is 3.58. The first-order valence-corrected chi connectivity index (χ1v) is 13.0. The monoisotopic (exact) mass is 525 g/mol. The van der Waals surface area contributed by atoms with E-state index in [9.17, 15) is 9.18 Å². The Morgan fingerprint density at radius 2 is 1.76 bits per heavy atom. The molecular weight excluding hydrogens is 493 g/mol. The van der Waals surface area contributed by atoms with Gasteiger partial charge in [-0.1, -0.05) is 35.9 Å². The number of methoxy groups -OCH3 is 1. The first-order chi connectivity index (χ1) is 17.9. The third kappa shape index (κ3) is 7.70. The molecule has 0 aliphatic heterocycles. The Morgan fingerprint density at radius 3 is 2.43 bits per heavy atom. The number of halogens is 2. The van der Waals surface area contributed by atoms with Crippen LogP contribution in [0.3, 0.4) is 0 Å². The van der Waals surface area contributed by atoms with E-state index in [1.807, 2.05) is 42.5 Å². The number of nitrogens with one attached hydrogen (secondary N) is 1. The molecule has 7 heteroatoms. The molecular formula is C30H33ClFNO4. The van der Waals surface area contributed by atoms with Crippen LogP contribution in [0.25, 0.3) is 11.1 Å². The molecule has 1 amide bonds. The summed E-state index contributed by atoms with van der Waals surface area (Å²) in [6.45, 7) is 2.51. The zero-order chi connectivity index (χ0) is 26.2. The number of benzene rings is 3. The average Bonchev–Trinajstić information content (AvgIpc) is 2.89. The summed E-state index contributed by atoms with van der Waals surface area (Å²) in [6.07, 6.45) is 4.41. The molecule has 3 aromatic carbocycles. The van der Waals surface area contributed by atoms with Crippen LogP contribution in [0.2, 0.25) is 5.02 Å². The lowest BCUT2D eigenvalue weighted by Gasteiger charge is -2.29. The lowest BCUT2D eigenvalue weighted by molar-refractivity contribution is -0.118. The molecule has 5 nitrogen and oxygen atoms in total. The largest absolute Gasteiger partial charge is 0.496 e. The Kier molecular flexibility index (Phi) is 9.42. The topological polar surface area (TPSA) is 56.8 Å². The van der Waals surface area contributed by atoms with Crippen LogP contribution in [-0.4, -0.2) is 31.8 Å². The Morgan fingerprint density at radius 1 is 1.03 bits per heavy atom. The lowest BCUT2D eigenvalue weighted by atomic mass is 9.94. The number of rotatable bonds is 10. The summed E-state index contributed by atoms with van der Waals surface area (Å²) in [5.74, 6) is 0.929. The Labute approximate surface area is 222 Å². The number of hydrogen-bond acceptors (Lipinski definition) is 4. The van der Waals surface area contributed by atoms with E-state index in [4.69, 9.17) is 25.8 Å². The van der Waals surface area contributed by atoms with Crippen molar-refractivity contribution >= 4 is 17.5 Å². The maximum absolute atomic E-state index is 14.1. The van der Waals surface area contributed by atoms with Crippen molar-refractivity contribution in [1.82, 2.24) is 5.32 Å². The summed E-state index contributed by atoms with van der Waals surface area (Å²) in [4.78, 5) is 11.4. The molecule has 0 saturated heterocycles. The van der Waals surface area contributed by atoms with E-state index in [0.717, 1.165) is 53.0 Å². The minimum Gasteiger partial charge on any atom is -0.496 e. The fraction of sp³-hybridized carbons (Fsp3) is 0.367. The van der Waals surface area contributed by atoms with Crippen LogP contribution in [0.5, 0.6) is 11.5 Å². The predicted octanol–water partition coefficient (Wildman–Crippen LogP) is 6.74. The van der Waals surface area contributed by atoms with Gasteiger partial charge in [-0.15, -0.1) is 0 Å². The number of ether oxygens (including phenoxy) is 3. The molecule has 0 bridgehead atoms. The SMILES string of the molecule is COc1cc(OC2CCC(OCc3ccc(Cl)cc3)CC2)cc(-c2cccc(F)c2)c1CCNC(C)=O. The fourth-order valence-corrected chi connectivity index (χ4v) is 4.84. The molecule has 1 aliphatic carbocycles. The van der Waals surface area contributed by atoms with E-state index in [-0.39, 0.29) is 23.9 Å². The molecule has 0 aromatic heterocycles. The lowest BCUT2D eigenvalue weighted by Crippen LogP contribution is -2.28.